The molecule has 3 rings (SSSR count). The second kappa shape index (κ2) is 10.0. The molecule has 0 N–H and O–H groups in total. The second-order valence-corrected chi connectivity index (χ2v) is 8.74. The minimum Gasteiger partial charge on any atom is -0.349 e. The van der Waals surface area contributed by atoms with E-state index in [1.807, 2.05) is 6.92 Å². The van der Waals surface area contributed by atoms with Crippen LogP contribution in [0.2, 0.25) is 0 Å². The molecule has 0 atom stereocenters. The molecule has 2 nitrogen and oxygen atoms in total. The van der Waals surface area contributed by atoms with E-state index in [1.54, 1.807) is 0 Å². The fourth-order valence-corrected chi connectivity index (χ4v) is 4.77. The first kappa shape index (κ1) is 20.8. The Bertz CT molecular complexity index is 540. The minimum absolute atomic E-state index is 0.172. The van der Waals surface area contributed by atoms with Crippen LogP contribution in [0.5, 0.6) is 0 Å². The van der Waals surface area contributed by atoms with Crippen LogP contribution in [-0.4, -0.2) is 25.2 Å². The molecule has 0 amide bonds. The van der Waals surface area contributed by atoms with Crippen molar-refractivity contribution in [1.82, 2.24) is 0 Å². The van der Waals surface area contributed by atoms with Gasteiger partial charge >= 0.3 is 0 Å². The third-order valence-electron chi connectivity index (χ3n) is 6.42. The van der Waals surface area contributed by atoms with Crippen molar-refractivity contribution in [2.24, 2.45) is 5.92 Å². The average molecular weight is 377 g/mol. The van der Waals surface area contributed by atoms with Crippen molar-refractivity contribution >= 4 is 0 Å². The monoisotopic (exact) mass is 376 g/mol. The maximum absolute atomic E-state index is 14.3. The van der Waals surface area contributed by atoms with E-state index < -0.39 is 5.67 Å². The molecule has 2 fully saturated rings. The third kappa shape index (κ3) is 6.02. The van der Waals surface area contributed by atoms with Gasteiger partial charge in [-0.25, -0.2) is 4.39 Å². The highest BCUT2D eigenvalue weighted by Crippen LogP contribution is 2.37. The average Bonchev–Trinajstić information content (AvgIpc) is 2.69. The van der Waals surface area contributed by atoms with Gasteiger partial charge in [0.05, 0.1) is 13.2 Å². The second-order valence-electron chi connectivity index (χ2n) is 8.74. The summed E-state index contributed by atoms with van der Waals surface area (Å²) in [6.45, 7) is 4.64. The van der Waals surface area contributed by atoms with Gasteiger partial charge in [0.25, 0.3) is 0 Å². The Hall–Kier alpha value is -0.930. The SMILES string of the molecule is CCCC1CCC(c2ccc(CCC3OCC(F)(CCC)CO3)cc2)CC1. The smallest absolute Gasteiger partial charge is 0.158 e. The molecule has 0 radical (unpaired) electrons. The molecule has 27 heavy (non-hydrogen) atoms. The zero-order valence-corrected chi connectivity index (χ0v) is 17.2. The summed E-state index contributed by atoms with van der Waals surface area (Å²) in [6.07, 6.45) is 11.0. The van der Waals surface area contributed by atoms with E-state index in [-0.39, 0.29) is 19.5 Å². The molecular weight excluding hydrogens is 339 g/mol. The topological polar surface area (TPSA) is 18.5 Å². The quantitative estimate of drug-likeness (QED) is 0.510. The summed E-state index contributed by atoms with van der Waals surface area (Å²) >= 11 is 0. The summed E-state index contributed by atoms with van der Waals surface area (Å²) in [4.78, 5) is 0. The molecule has 1 heterocycles. The zero-order chi connectivity index (χ0) is 19.1. The molecule has 1 aromatic carbocycles. The lowest BCUT2D eigenvalue weighted by molar-refractivity contribution is -0.236. The molecule has 0 bridgehead atoms. The van der Waals surface area contributed by atoms with Crippen LogP contribution in [0.3, 0.4) is 0 Å². The lowest BCUT2D eigenvalue weighted by Gasteiger charge is -2.34. The van der Waals surface area contributed by atoms with Crippen molar-refractivity contribution in [2.45, 2.75) is 95.9 Å². The lowest BCUT2D eigenvalue weighted by atomic mass is 9.77. The van der Waals surface area contributed by atoms with Crippen LogP contribution < -0.4 is 0 Å². The number of hydrogen-bond acceptors (Lipinski definition) is 2. The minimum atomic E-state index is -1.29. The van der Waals surface area contributed by atoms with Crippen LogP contribution in [0.15, 0.2) is 24.3 Å². The highest BCUT2D eigenvalue weighted by Gasteiger charge is 2.36. The molecule has 152 valence electrons. The van der Waals surface area contributed by atoms with Gasteiger partial charge in [-0.3, -0.25) is 0 Å². The van der Waals surface area contributed by atoms with E-state index >= 15 is 0 Å². The van der Waals surface area contributed by atoms with Gasteiger partial charge in [0.1, 0.15) is 0 Å². The summed E-state index contributed by atoms with van der Waals surface area (Å²) in [5.74, 6) is 1.70. The van der Waals surface area contributed by atoms with E-state index in [9.17, 15) is 4.39 Å². The summed E-state index contributed by atoms with van der Waals surface area (Å²) < 4.78 is 25.6. The van der Waals surface area contributed by atoms with E-state index in [4.69, 9.17) is 9.47 Å². The van der Waals surface area contributed by atoms with Crippen molar-refractivity contribution in [3.8, 4) is 0 Å². The van der Waals surface area contributed by atoms with E-state index in [2.05, 4.69) is 31.2 Å². The first-order valence-corrected chi connectivity index (χ1v) is 11.1. The maximum atomic E-state index is 14.3. The van der Waals surface area contributed by atoms with Gasteiger partial charge in [0, 0.05) is 6.42 Å². The van der Waals surface area contributed by atoms with Crippen LogP contribution in [0.4, 0.5) is 4.39 Å². The van der Waals surface area contributed by atoms with Gasteiger partial charge in [-0.05, 0) is 61.5 Å². The summed E-state index contributed by atoms with van der Waals surface area (Å²) in [5.41, 5.74) is 1.53. The summed E-state index contributed by atoms with van der Waals surface area (Å²) in [6, 6.07) is 9.15. The number of ether oxygens (including phenoxy) is 2. The van der Waals surface area contributed by atoms with Crippen molar-refractivity contribution < 1.29 is 13.9 Å². The Labute approximate surface area is 164 Å². The first-order chi connectivity index (χ1) is 13.1. The van der Waals surface area contributed by atoms with Gasteiger partial charge < -0.3 is 9.47 Å². The van der Waals surface area contributed by atoms with Gasteiger partial charge in [-0.2, -0.15) is 0 Å². The van der Waals surface area contributed by atoms with Crippen LogP contribution in [0.25, 0.3) is 0 Å². The fraction of sp³-hybridized carbons (Fsp3) is 0.750. The highest BCUT2D eigenvalue weighted by molar-refractivity contribution is 5.26. The third-order valence-corrected chi connectivity index (χ3v) is 6.42. The molecule has 1 aliphatic heterocycles. The van der Waals surface area contributed by atoms with Gasteiger partial charge in [-0.1, -0.05) is 57.4 Å². The Balaban J connectivity index is 1.41. The molecule has 1 aliphatic carbocycles. The van der Waals surface area contributed by atoms with Crippen molar-refractivity contribution in [3.05, 3.63) is 35.4 Å². The Kier molecular flexibility index (Phi) is 7.72. The van der Waals surface area contributed by atoms with Crippen LogP contribution >= 0.6 is 0 Å². The molecule has 3 heteroatoms. The standard InChI is InChI=1S/C24H37FO2/c1-3-5-19-6-11-21(12-7-19)22-13-8-20(9-14-22)10-15-23-26-17-24(25,16-4-2)18-27-23/h8-9,13-14,19,21,23H,3-7,10-12,15-18H2,1-2H3. The van der Waals surface area contributed by atoms with Gasteiger partial charge in [-0.15, -0.1) is 0 Å². The molecule has 2 aliphatic rings. The molecular formula is C24H37FO2. The highest BCUT2D eigenvalue weighted by atomic mass is 19.1. The molecule has 0 aromatic heterocycles. The van der Waals surface area contributed by atoms with Crippen molar-refractivity contribution in [1.29, 1.82) is 0 Å². The fourth-order valence-electron chi connectivity index (χ4n) is 4.77. The van der Waals surface area contributed by atoms with Gasteiger partial charge in [0.15, 0.2) is 12.0 Å². The van der Waals surface area contributed by atoms with Crippen molar-refractivity contribution in [2.75, 3.05) is 13.2 Å². The molecule has 1 aromatic rings. The maximum Gasteiger partial charge on any atom is 0.158 e. The Morgan fingerprint density at radius 3 is 2.19 bits per heavy atom. The molecule has 0 unspecified atom stereocenters. The predicted molar refractivity (Wildman–Crippen MR) is 109 cm³/mol. The van der Waals surface area contributed by atoms with E-state index in [0.717, 1.165) is 31.1 Å². The molecule has 1 saturated carbocycles. The van der Waals surface area contributed by atoms with Crippen molar-refractivity contribution in [3.63, 3.8) is 0 Å². The zero-order valence-electron chi connectivity index (χ0n) is 17.2. The van der Waals surface area contributed by atoms with Crippen LogP contribution in [-0.2, 0) is 15.9 Å². The van der Waals surface area contributed by atoms with E-state index in [0.29, 0.717) is 6.42 Å². The number of alkyl halides is 1. The Morgan fingerprint density at radius 2 is 1.59 bits per heavy atom. The lowest BCUT2D eigenvalue weighted by Crippen LogP contribution is -2.44. The van der Waals surface area contributed by atoms with Crippen LogP contribution in [0, 0.1) is 5.92 Å². The summed E-state index contributed by atoms with van der Waals surface area (Å²) in [5, 5.41) is 0. The normalized spacial score (nSPS) is 31.7. The number of rotatable bonds is 8. The van der Waals surface area contributed by atoms with Crippen LogP contribution in [0.1, 0.15) is 88.7 Å². The molecule has 1 saturated heterocycles. The van der Waals surface area contributed by atoms with E-state index in [1.165, 1.54) is 49.7 Å². The number of aryl methyl sites for hydroxylation is 1. The largest absolute Gasteiger partial charge is 0.349 e. The number of hydrogen-bond donors (Lipinski definition) is 0. The predicted octanol–water partition coefficient (Wildman–Crippen LogP) is 6.57. The molecule has 0 spiro atoms. The first-order valence-electron chi connectivity index (χ1n) is 11.1. The number of benzene rings is 1. The van der Waals surface area contributed by atoms with Gasteiger partial charge in [0.2, 0.25) is 0 Å². The summed E-state index contributed by atoms with van der Waals surface area (Å²) in [7, 11) is 0. The number of halogens is 1. The Morgan fingerprint density at radius 1 is 0.926 bits per heavy atom.